The normalized spacial score (nSPS) is 27.5. The van der Waals surface area contributed by atoms with Gasteiger partial charge in [0.1, 0.15) is 5.82 Å². The largest absolute Gasteiger partial charge is 0.335 e. The molecule has 3 nitrogen and oxygen atoms in total. The van der Waals surface area contributed by atoms with Gasteiger partial charge in [-0.1, -0.05) is 25.1 Å². The van der Waals surface area contributed by atoms with Crippen LogP contribution in [-0.4, -0.2) is 22.9 Å². The molecule has 21 heavy (non-hydrogen) atoms. The van der Waals surface area contributed by atoms with Crippen molar-refractivity contribution in [1.82, 2.24) is 4.90 Å². The van der Waals surface area contributed by atoms with E-state index in [0.29, 0.717) is 24.4 Å². The maximum Gasteiger partial charge on any atom is 0.224 e. The van der Waals surface area contributed by atoms with Crippen LogP contribution in [0.2, 0.25) is 0 Å². The summed E-state index contributed by atoms with van der Waals surface area (Å²) in [5, 5.41) is 0. The minimum atomic E-state index is -0.317. The Labute approximate surface area is 125 Å². The number of nitrogens with two attached hydrogens (primary N) is 1. The van der Waals surface area contributed by atoms with E-state index in [9.17, 15) is 9.18 Å². The van der Waals surface area contributed by atoms with Crippen molar-refractivity contribution in [1.29, 1.82) is 0 Å². The van der Waals surface area contributed by atoms with Gasteiger partial charge in [0.25, 0.3) is 0 Å². The van der Waals surface area contributed by atoms with Gasteiger partial charge in [0.2, 0.25) is 5.91 Å². The Morgan fingerprint density at radius 1 is 1.43 bits per heavy atom. The fraction of sp³-hybridized carbons (Fsp3) is 0.588. The van der Waals surface area contributed by atoms with E-state index in [1.54, 1.807) is 12.1 Å². The molecule has 0 aromatic heterocycles. The van der Waals surface area contributed by atoms with Gasteiger partial charge in [-0.2, -0.15) is 0 Å². The number of benzene rings is 1. The number of carbonyl (C=O) groups is 1. The van der Waals surface area contributed by atoms with E-state index in [4.69, 9.17) is 5.73 Å². The number of likely N-dealkylation sites (tertiary alicyclic amines) is 1. The van der Waals surface area contributed by atoms with Gasteiger partial charge in [0, 0.05) is 24.1 Å². The number of hydrogen-bond acceptors (Lipinski definition) is 2. The Balaban J connectivity index is 1.79. The smallest absolute Gasteiger partial charge is 0.224 e. The third-order valence-corrected chi connectivity index (χ3v) is 4.95. The van der Waals surface area contributed by atoms with E-state index in [1.165, 1.54) is 6.07 Å². The first kappa shape index (κ1) is 14.5. The van der Waals surface area contributed by atoms with Crippen LogP contribution in [0.25, 0.3) is 0 Å². The highest BCUT2D eigenvalue weighted by molar-refractivity contribution is 5.78. The van der Waals surface area contributed by atoms with E-state index in [2.05, 4.69) is 6.92 Å². The minimum absolute atomic E-state index is 0.0785. The highest BCUT2D eigenvalue weighted by Gasteiger charge is 2.40. The van der Waals surface area contributed by atoms with Crippen LogP contribution in [0.5, 0.6) is 0 Å². The number of hydrogen-bond donors (Lipinski definition) is 1. The summed E-state index contributed by atoms with van der Waals surface area (Å²) in [6.07, 6.45) is 4.17. The van der Waals surface area contributed by atoms with E-state index >= 15 is 0 Å². The topological polar surface area (TPSA) is 46.3 Å². The van der Waals surface area contributed by atoms with Crippen LogP contribution in [0.3, 0.4) is 0 Å². The molecule has 3 rings (SSSR count). The number of rotatable bonds is 3. The molecule has 1 amide bonds. The van der Waals surface area contributed by atoms with Crippen molar-refractivity contribution >= 4 is 5.91 Å². The lowest BCUT2D eigenvalue weighted by molar-refractivity contribution is -0.134. The second-order valence-corrected chi connectivity index (χ2v) is 6.82. The average molecular weight is 290 g/mol. The molecule has 0 radical (unpaired) electrons. The van der Waals surface area contributed by atoms with Gasteiger partial charge in [-0.3, -0.25) is 4.79 Å². The molecule has 1 heterocycles. The van der Waals surface area contributed by atoms with E-state index in [-0.39, 0.29) is 23.3 Å². The van der Waals surface area contributed by atoms with Gasteiger partial charge < -0.3 is 10.6 Å². The molecule has 0 bridgehead atoms. The third-order valence-electron chi connectivity index (χ3n) is 4.95. The zero-order valence-corrected chi connectivity index (χ0v) is 12.5. The molecule has 2 atom stereocenters. The number of amides is 1. The molecule has 1 aliphatic carbocycles. The predicted molar refractivity (Wildman–Crippen MR) is 80.0 cm³/mol. The van der Waals surface area contributed by atoms with Crippen LogP contribution >= 0.6 is 0 Å². The first-order chi connectivity index (χ1) is 9.98. The molecule has 1 aromatic rings. The molecule has 1 aliphatic heterocycles. The molecular formula is C17H23FN2O. The summed E-state index contributed by atoms with van der Waals surface area (Å²) >= 11 is 0. The van der Waals surface area contributed by atoms with Crippen LogP contribution < -0.4 is 5.73 Å². The van der Waals surface area contributed by atoms with Gasteiger partial charge in [-0.25, -0.2) is 4.39 Å². The molecule has 2 N–H and O–H groups in total. The molecule has 4 heteroatoms. The predicted octanol–water partition coefficient (Wildman–Crippen LogP) is 3.01. The first-order valence-corrected chi connectivity index (χ1v) is 7.81. The van der Waals surface area contributed by atoms with Crippen molar-refractivity contribution in [3.8, 4) is 0 Å². The average Bonchev–Trinajstić information content (AvgIpc) is 2.79. The quantitative estimate of drug-likeness (QED) is 0.930. The van der Waals surface area contributed by atoms with Crippen molar-refractivity contribution in [2.45, 2.75) is 50.6 Å². The third kappa shape index (κ3) is 2.82. The van der Waals surface area contributed by atoms with Crippen molar-refractivity contribution in [2.24, 2.45) is 11.7 Å². The number of halogens is 1. The Bertz CT molecular complexity index is 541. The fourth-order valence-corrected chi connectivity index (χ4v) is 3.57. The summed E-state index contributed by atoms with van der Waals surface area (Å²) in [5.41, 5.74) is 6.52. The Morgan fingerprint density at radius 3 is 2.76 bits per heavy atom. The molecule has 1 aromatic carbocycles. The Morgan fingerprint density at radius 2 is 2.14 bits per heavy atom. The molecular weight excluding hydrogens is 267 g/mol. The maximum atomic E-state index is 14.1. The lowest BCUT2D eigenvalue weighted by atomic mass is 9.75. The highest BCUT2D eigenvalue weighted by Crippen LogP contribution is 2.39. The minimum Gasteiger partial charge on any atom is -0.335 e. The first-order valence-electron chi connectivity index (χ1n) is 7.81. The number of nitrogens with zero attached hydrogens (tertiary/aromatic N) is 1. The molecule has 0 spiro atoms. The highest BCUT2D eigenvalue weighted by atomic mass is 19.1. The summed E-state index contributed by atoms with van der Waals surface area (Å²) in [4.78, 5) is 14.5. The summed E-state index contributed by atoms with van der Waals surface area (Å²) in [6.45, 7) is 2.82. The van der Waals surface area contributed by atoms with Crippen molar-refractivity contribution in [3.63, 3.8) is 0 Å². The van der Waals surface area contributed by atoms with Crippen LogP contribution in [0.1, 0.15) is 50.6 Å². The molecule has 1 saturated carbocycles. The monoisotopic (exact) mass is 290 g/mol. The second-order valence-electron chi connectivity index (χ2n) is 6.82. The van der Waals surface area contributed by atoms with E-state index in [1.807, 2.05) is 11.0 Å². The molecule has 1 saturated heterocycles. The van der Waals surface area contributed by atoms with Gasteiger partial charge in [-0.05, 0) is 37.7 Å². The standard InChI is InChI=1S/C17H23FN2O/c1-12-9-15(13-5-2-3-6-14(13)18)20(11-12)16(21)10-17(19)7-4-8-17/h2-3,5-6,12,15H,4,7-11,19H2,1H3/t12-,15+/m0/s1. The Kier molecular flexibility index (Phi) is 3.74. The van der Waals surface area contributed by atoms with E-state index < -0.39 is 0 Å². The SMILES string of the molecule is C[C@H]1C[C@H](c2ccccc2F)N(C(=O)CC2(N)CCC2)C1. The second kappa shape index (κ2) is 5.41. The Hall–Kier alpha value is -1.42. The lowest BCUT2D eigenvalue weighted by Gasteiger charge is -2.39. The van der Waals surface area contributed by atoms with Gasteiger partial charge in [0.05, 0.1) is 6.04 Å². The van der Waals surface area contributed by atoms with Crippen LogP contribution in [-0.2, 0) is 4.79 Å². The van der Waals surface area contributed by atoms with Crippen molar-refractivity contribution < 1.29 is 9.18 Å². The van der Waals surface area contributed by atoms with Gasteiger partial charge >= 0.3 is 0 Å². The summed E-state index contributed by atoms with van der Waals surface area (Å²) < 4.78 is 14.1. The zero-order chi connectivity index (χ0) is 15.0. The van der Waals surface area contributed by atoms with Crippen LogP contribution in [0.4, 0.5) is 4.39 Å². The zero-order valence-electron chi connectivity index (χ0n) is 12.5. The molecule has 2 aliphatic rings. The van der Waals surface area contributed by atoms with Gasteiger partial charge in [0.15, 0.2) is 0 Å². The molecule has 0 unspecified atom stereocenters. The fourth-order valence-electron chi connectivity index (χ4n) is 3.57. The van der Waals surface area contributed by atoms with Crippen molar-refractivity contribution in [3.05, 3.63) is 35.6 Å². The molecule has 2 fully saturated rings. The molecule has 114 valence electrons. The van der Waals surface area contributed by atoms with Crippen molar-refractivity contribution in [2.75, 3.05) is 6.54 Å². The van der Waals surface area contributed by atoms with Crippen LogP contribution in [0, 0.1) is 11.7 Å². The summed E-state index contributed by atoms with van der Waals surface area (Å²) in [7, 11) is 0. The van der Waals surface area contributed by atoms with Crippen LogP contribution in [0.15, 0.2) is 24.3 Å². The summed E-state index contributed by atoms with van der Waals surface area (Å²) in [6, 6.07) is 6.64. The van der Waals surface area contributed by atoms with Gasteiger partial charge in [-0.15, -0.1) is 0 Å². The number of carbonyl (C=O) groups excluding carboxylic acids is 1. The summed E-state index contributed by atoms with van der Waals surface area (Å²) in [5.74, 6) is 0.254. The maximum absolute atomic E-state index is 14.1. The van der Waals surface area contributed by atoms with E-state index in [0.717, 1.165) is 25.7 Å². The lowest BCUT2D eigenvalue weighted by Crippen LogP contribution is -2.50.